The third-order valence-electron chi connectivity index (χ3n) is 2.38. The van der Waals surface area contributed by atoms with Crippen LogP contribution in [0.4, 0.5) is 4.79 Å². The highest BCUT2D eigenvalue weighted by Gasteiger charge is 2.22. The van der Waals surface area contributed by atoms with E-state index in [0.717, 1.165) is 5.56 Å². The third-order valence-corrected chi connectivity index (χ3v) is 2.38. The van der Waals surface area contributed by atoms with Crippen molar-refractivity contribution in [3.05, 3.63) is 35.9 Å². The van der Waals surface area contributed by atoms with Crippen LogP contribution in [0.25, 0.3) is 0 Å². The quantitative estimate of drug-likeness (QED) is 0.693. The summed E-state index contributed by atoms with van der Waals surface area (Å²) in [5.74, 6) is -0.987. The maximum atomic E-state index is 11.5. The number of hydrogen-bond donors (Lipinski definition) is 3. The highest BCUT2D eigenvalue weighted by Crippen LogP contribution is 2.18. The Morgan fingerprint density at radius 1 is 1.25 bits per heavy atom. The molecule has 2 unspecified atom stereocenters. The SMILES string of the molecule is CC(C(=O)NC(N)=O)C(N)c1ccccc1. The maximum absolute atomic E-state index is 11.5. The Hall–Kier alpha value is -1.88. The van der Waals surface area contributed by atoms with Gasteiger partial charge in [-0.2, -0.15) is 0 Å². The molecule has 0 spiro atoms. The Bertz CT molecular complexity index is 378. The molecule has 1 aromatic carbocycles. The number of hydrogen-bond acceptors (Lipinski definition) is 3. The second-order valence-corrected chi connectivity index (χ2v) is 3.58. The summed E-state index contributed by atoms with van der Waals surface area (Å²) in [5.41, 5.74) is 11.6. The molecule has 0 saturated carbocycles. The van der Waals surface area contributed by atoms with Gasteiger partial charge in [-0.25, -0.2) is 4.79 Å². The van der Waals surface area contributed by atoms with E-state index in [-0.39, 0.29) is 0 Å². The van der Waals surface area contributed by atoms with Gasteiger partial charge in [-0.15, -0.1) is 0 Å². The topological polar surface area (TPSA) is 98.2 Å². The van der Waals surface area contributed by atoms with Crippen LogP contribution in [-0.4, -0.2) is 11.9 Å². The van der Waals surface area contributed by atoms with Gasteiger partial charge < -0.3 is 11.5 Å². The van der Waals surface area contributed by atoms with Gasteiger partial charge in [0.25, 0.3) is 0 Å². The van der Waals surface area contributed by atoms with Crippen molar-refractivity contribution in [1.82, 2.24) is 5.32 Å². The summed E-state index contributed by atoms with van der Waals surface area (Å²) in [6.45, 7) is 1.65. The number of urea groups is 1. The highest BCUT2D eigenvalue weighted by atomic mass is 16.2. The molecule has 5 nitrogen and oxygen atoms in total. The molecule has 3 amide bonds. The monoisotopic (exact) mass is 221 g/mol. The summed E-state index contributed by atoms with van der Waals surface area (Å²) in [4.78, 5) is 22.0. The van der Waals surface area contributed by atoms with E-state index in [2.05, 4.69) is 0 Å². The fraction of sp³-hybridized carbons (Fsp3) is 0.273. The van der Waals surface area contributed by atoms with Crippen molar-refractivity contribution in [2.24, 2.45) is 17.4 Å². The zero-order chi connectivity index (χ0) is 12.1. The lowest BCUT2D eigenvalue weighted by atomic mass is 9.95. The van der Waals surface area contributed by atoms with Crippen molar-refractivity contribution >= 4 is 11.9 Å². The standard InChI is InChI=1S/C11H15N3O2/c1-7(10(15)14-11(13)16)9(12)8-5-3-2-4-6-8/h2-7,9H,12H2,1H3,(H3,13,14,15,16). The molecule has 0 aromatic heterocycles. The number of carbonyl (C=O) groups is 2. The molecule has 5 heteroatoms. The van der Waals surface area contributed by atoms with Gasteiger partial charge in [0.1, 0.15) is 0 Å². The molecule has 0 fully saturated rings. The Morgan fingerprint density at radius 3 is 2.31 bits per heavy atom. The predicted octanol–water partition coefficient (Wildman–Crippen LogP) is 0.517. The van der Waals surface area contributed by atoms with Crippen LogP contribution < -0.4 is 16.8 Å². The molecule has 1 rings (SSSR count). The molecule has 0 saturated heterocycles. The van der Waals surface area contributed by atoms with E-state index in [4.69, 9.17) is 11.5 Å². The predicted molar refractivity (Wildman–Crippen MR) is 60.3 cm³/mol. The fourth-order valence-corrected chi connectivity index (χ4v) is 1.36. The van der Waals surface area contributed by atoms with Crippen molar-refractivity contribution < 1.29 is 9.59 Å². The number of imide groups is 1. The average molecular weight is 221 g/mol. The zero-order valence-electron chi connectivity index (χ0n) is 9.01. The van der Waals surface area contributed by atoms with Crippen molar-refractivity contribution in [3.63, 3.8) is 0 Å². The van der Waals surface area contributed by atoms with Gasteiger partial charge in [-0.05, 0) is 5.56 Å². The van der Waals surface area contributed by atoms with Gasteiger partial charge in [0.15, 0.2) is 0 Å². The summed E-state index contributed by atoms with van der Waals surface area (Å²) < 4.78 is 0. The summed E-state index contributed by atoms with van der Waals surface area (Å²) in [6, 6.07) is 7.89. The van der Waals surface area contributed by atoms with Crippen LogP contribution in [0.1, 0.15) is 18.5 Å². The van der Waals surface area contributed by atoms with E-state index in [1.54, 1.807) is 6.92 Å². The fourth-order valence-electron chi connectivity index (χ4n) is 1.36. The second kappa shape index (κ2) is 5.27. The van der Waals surface area contributed by atoms with E-state index < -0.39 is 23.9 Å². The molecular formula is C11H15N3O2. The lowest BCUT2D eigenvalue weighted by Gasteiger charge is -2.18. The van der Waals surface area contributed by atoms with Gasteiger partial charge in [0.2, 0.25) is 5.91 Å². The minimum Gasteiger partial charge on any atom is -0.351 e. The largest absolute Gasteiger partial charge is 0.351 e. The number of nitrogens with two attached hydrogens (primary N) is 2. The number of amides is 3. The zero-order valence-corrected chi connectivity index (χ0v) is 9.01. The molecule has 86 valence electrons. The van der Waals surface area contributed by atoms with Crippen LogP contribution in [0, 0.1) is 5.92 Å². The first-order chi connectivity index (χ1) is 7.52. The lowest BCUT2D eigenvalue weighted by molar-refractivity contribution is -0.123. The Morgan fingerprint density at radius 2 is 1.81 bits per heavy atom. The Kier molecular flexibility index (Phi) is 4.02. The molecule has 0 bridgehead atoms. The average Bonchev–Trinajstić information content (AvgIpc) is 2.27. The van der Waals surface area contributed by atoms with Crippen molar-refractivity contribution in [2.75, 3.05) is 0 Å². The molecule has 1 aromatic rings. The molecule has 0 aliphatic heterocycles. The lowest BCUT2D eigenvalue weighted by Crippen LogP contribution is -2.41. The van der Waals surface area contributed by atoms with E-state index >= 15 is 0 Å². The van der Waals surface area contributed by atoms with Gasteiger partial charge in [0, 0.05) is 6.04 Å². The van der Waals surface area contributed by atoms with Crippen molar-refractivity contribution in [3.8, 4) is 0 Å². The first-order valence-electron chi connectivity index (χ1n) is 4.93. The number of primary amides is 1. The first kappa shape index (κ1) is 12.2. The second-order valence-electron chi connectivity index (χ2n) is 3.58. The normalized spacial score (nSPS) is 13.9. The number of rotatable bonds is 3. The van der Waals surface area contributed by atoms with Crippen LogP contribution in [0.15, 0.2) is 30.3 Å². The van der Waals surface area contributed by atoms with Crippen molar-refractivity contribution in [2.45, 2.75) is 13.0 Å². The summed E-state index contributed by atoms with van der Waals surface area (Å²) in [6.07, 6.45) is 0. The highest BCUT2D eigenvalue weighted by molar-refractivity contribution is 5.94. The first-order valence-corrected chi connectivity index (χ1v) is 4.93. The summed E-state index contributed by atoms with van der Waals surface area (Å²) in [7, 11) is 0. The van der Waals surface area contributed by atoms with Gasteiger partial charge in [-0.3, -0.25) is 10.1 Å². The Labute approximate surface area is 93.8 Å². The van der Waals surface area contributed by atoms with Crippen molar-refractivity contribution in [1.29, 1.82) is 0 Å². The summed E-state index contributed by atoms with van der Waals surface area (Å²) >= 11 is 0. The van der Waals surface area contributed by atoms with E-state index in [1.165, 1.54) is 0 Å². The van der Waals surface area contributed by atoms with Crippen LogP contribution in [-0.2, 0) is 4.79 Å². The van der Waals surface area contributed by atoms with Crippen LogP contribution in [0.5, 0.6) is 0 Å². The minimum absolute atomic E-state index is 0.458. The van der Waals surface area contributed by atoms with E-state index in [0.29, 0.717) is 0 Å². The van der Waals surface area contributed by atoms with Crippen LogP contribution >= 0.6 is 0 Å². The molecule has 5 N–H and O–H groups in total. The molecule has 16 heavy (non-hydrogen) atoms. The number of nitrogens with one attached hydrogen (secondary N) is 1. The van der Waals surface area contributed by atoms with Gasteiger partial charge in [0.05, 0.1) is 5.92 Å². The smallest absolute Gasteiger partial charge is 0.318 e. The maximum Gasteiger partial charge on any atom is 0.318 e. The summed E-state index contributed by atoms with van der Waals surface area (Å²) in [5, 5.41) is 2.01. The van der Waals surface area contributed by atoms with Crippen LogP contribution in [0.2, 0.25) is 0 Å². The molecule has 0 heterocycles. The Balaban J connectivity index is 2.71. The third kappa shape index (κ3) is 3.06. The molecular weight excluding hydrogens is 206 g/mol. The van der Waals surface area contributed by atoms with Gasteiger partial charge in [-0.1, -0.05) is 37.3 Å². The molecule has 0 aliphatic rings. The number of benzene rings is 1. The van der Waals surface area contributed by atoms with E-state index in [1.807, 2.05) is 35.6 Å². The van der Waals surface area contributed by atoms with E-state index in [9.17, 15) is 9.59 Å². The molecule has 0 radical (unpaired) electrons. The molecule has 2 atom stereocenters. The van der Waals surface area contributed by atoms with Crippen LogP contribution in [0.3, 0.4) is 0 Å². The number of carbonyl (C=O) groups excluding carboxylic acids is 2. The van der Waals surface area contributed by atoms with Gasteiger partial charge >= 0.3 is 6.03 Å². The molecule has 0 aliphatic carbocycles. The minimum atomic E-state index is -0.864.